The van der Waals surface area contributed by atoms with Crippen LogP contribution in [-0.4, -0.2) is 77.6 Å². The van der Waals surface area contributed by atoms with E-state index in [9.17, 15) is 4.79 Å². The Hall–Kier alpha value is -3.42. The molecule has 6 rings (SSSR count). The second-order valence-electron chi connectivity index (χ2n) is 10.4. The molecule has 0 aliphatic carbocycles. The molecule has 1 N–H and O–H groups in total. The number of hydrogen-bond acceptors (Lipinski definition) is 4. The van der Waals surface area contributed by atoms with Gasteiger partial charge in [0.05, 0.1) is 21.9 Å². The third-order valence-electron chi connectivity index (χ3n) is 8.29. The van der Waals surface area contributed by atoms with Crippen molar-refractivity contribution in [2.45, 2.75) is 13.5 Å². The maximum Gasteiger partial charge on any atom is 0.270 e. The van der Waals surface area contributed by atoms with Gasteiger partial charge < -0.3 is 24.3 Å². The Morgan fingerprint density at radius 1 is 0.868 bits per heavy atom. The Labute approximate surface area is 229 Å². The van der Waals surface area contributed by atoms with E-state index in [1.54, 1.807) is 0 Å². The number of carbonyl (C=O) groups excluding carboxylic acids is 1. The minimum absolute atomic E-state index is 0.128. The van der Waals surface area contributed by atoms with Gasteiger partial charge in [-0.15, -0.1) is 0 Å². The lowest BCUT2D eigenvalue weighted by Gasteiger charge is -2.36. The SMILES string of the molecule is Cc1c(CN2CCN(c3ccccc3Cl)CC2)cc(C(=O)N2CCN(c3cccc4cc[nH]c34)CC2)n1C. The van der Waals surface area contributed by atoms with Crippen LogP contribution < -0.4 is 9.80 Å². The van der Waals surface area contributed by atoms with Gasteiger partial charge in [0.15, 0.2) is 0 Å². The predicted octanol–water partition coefficient (Wildman–Crippen LogP) is 4.75. The Balaban J connectivity index is 1.08. The van der Waals surface area contributed by atoms with Crippen molar-refractivity contribution in [3.05, 3.63) is 82.8 Å². The highest BCUT2D eigenvalue weighted by atomic mass is 35.5. The zero-order chi connectivity index (χ0) is 26.2. The van der Waals surface area contributed by atoms with Crippen LogP contribution in [0.15, 0.2) is 60.8 Å². The molecule has 0 bridgehead atoms. The van der Waals surface area contributed by atoms with Gasteiger partial charge in [0.2, 0.25) is 0 Å². The van der Waals surface area contributed by atoms with Gasteiger partial charge in [-0.25, -0.2) is 0 Å². The second-order valence-corrected chi connectivity index (χ2v) is 10.8. The van der Waals surface area contributed by atoms with Crippen molar-refractivity contribution in [1.29, 1.82) is 0 Å². The Kier molecular flexibility index (Phi) is 6.80. The number of aromatic amines is 1. The van der Waals surface area contributed by atoms with Gasteiger partial charge in [0.25, 0.3) is 5.91 Å². The molecule has 0 spiro atoms. The van der Waals surface area contributed by atoms with Gasteiger partial charge >= 0.3 is 0 Å². The maximum atomic E-state index is 13.6. The van der Waals surface area contributed by atoms with Crippen LogP contribution >= 0.6 is 11.6 Å². The van der Waals surface area contributed by atoms with Crippen molar-refractivity contribution in [2.24, 2.45) is 7.05 Å². The molecule has 198 valence electrons. The minimum atomic E-state index is 0.128. The molecule has 2 fully saturated rings. The highest BCUT2D eigenvalue weighted by Gasteiger charge is 2.27. The van der Waals surface area contributed by atoms with Gasteiger partial charge in [-0.05, 0) is 42.8 Å². The van der Waals surface area contributed by atoms with E-state index in [0.29, 0.717) is 0 Å². The summed E-state index contributed by atoms with van der Waals surface area (Å²) in [6, 6.07) is 18.7. The number of rotatable bonds is 5. The molecule has 4 aromatic rings. The lowest BCUT2D eigenvalue weighted by atomic mass is 10.1. The van der Waals surface area contributed by atoms with Crippen LogP contribution in [0.3, 0.4) is 0 Å². The van der Waals surface area contributed by atoms with E-state index in [4.69, 9.17) is 11.6 Å². The van der Waals surface area contributed by atoms with Crippen LogP contribution in [0.4, 0.5) is 11.4 Å². The molecule has 0 unspecified atom stereocenters. The average Bonchev–Trinajstić information content (AvgIpc) is 3.54. The lowest BCUT2D eigenvalue weighted by Crippen LogP contribution is -2.49. The number of nitrogens with one attached hydrogen (secondary N) is 1. The molecule has 2 saturated heterocycles. The topological polar surface area (TPSA) is 50.8 Å². The van der Waals surface area contributed by atoms with Crippen LogP contribution in [0.5, 0.6) is 0 Å². The summed E-state index contributed by atoms with van der Waals surface area (Å²) in [6.07, 6.45) is 1.99. The van der Waals surface area contributed by atoms with Gasteiger partial charge in [0, 0.05) is 83.2 Å². The van der Waals surface area contributed by atoms with Crippen LogP contribution in [-0.2, 0) is 13.6 Å². The summed E-state index contributed by atoms with van der Waals surface area (Å²) in [5, 5.41) is 2.03. The lowest BCUT2D eigenvalue weighted by molar-refractivity contribution is 0.0737. The van der Waals surface area contributed by atoms with E-state index in [1.165, 1.54) is 27.8 Å². The number of benzene rings is 2. The van der Waals surface area contributed by atoms with Gasteiger partial charge in [0.1, 0.15) is 5.69 Å². The zero-order valence-corrected chi connectivity index (χ0v) is 22.9. The van der Waals surface area contributed by atoms with E-state index in [1.807, 2.05) is 36.3 Å². The largest absolute Gasteiger partial charge is 0.368 e. The highest BCUT2D eigenvalue weighted by molar-refractivity contribution is 6.33. The van der Waals surface area contributed by atoms with E-state index >= 15 is 0 Å². The van der Waals surface area contributed by atoms with Crippen molar-refractivity contribution < 1.29 is 4.79 Å². The van der Waals surface area contributed by atoms with Gasteiger partial charge in [-0.1, -0.05) is 35.9 Å². The summed E-state index contributed by atoms with van der Waals surface area (Å²) in [4.78, 5) is 26.2. The molecular formula is C30H35ClN6O. The number of aromatic nitrogens is 2. The standard InChI is InChI=1S/C30H35ClN6O/c1-22-24(21-34-12-14-35(15-13-34)26-8-4-3-7-25(26)31)20-28(33(22)2)30(38)37-18-16-36(17-19-37)27-9-5-6-23-10-11-32-29(23)27/h3-11,20,32H,12-19,21H2,1-2H3. The molecule has 2 aromatic heterocycles. The summed E-state index contributed by atoms with van der Waals surface area (Å²) in [5.41, 5.74) is 6.68. The molecule has 7 nitrogen and oxygen atoms in total. The molecule has 4 heterocycles. The van der Waals surface area contributed by atoms with Crippen LogP contribution in [0.2, 0.25) is 5.02 Å². The second kappa shape index (κ2) is 10.4. The van der Waals surface area contributed by atoms with E-state index < -0.39 is 0 Å². The quantitative estimate of drug-likeness (QED) is 0.404. The third-order valence-corrected chi connectivity index (χ3v) is 8.61. The Morgan fingerprint density at radius 3 is 2.32 bits per heavy atom. The fraction of sp³-hybridized carbons (Fsp3) is 0.367. The Morgan fingerprint density at radius 2 is 1.55 bits per heavy atom. The molecule has 1 amide bonds. The van der Waals surface area contributed by atoms with E-state index in [0.717, 1.165) is 75.3 Å². The maximum absolute atomic E-state index is 13.6. The molecule has 0 saturated carbocycles. The normalized spacial score (nSPS) is 17.0. The number of fused-ring (bicyclic) bond motifs is 1. The fourth-order valence-electron chi connectivity index (χ4n) is 5.87. The molecule has 2 aliphatic heterocycles. The van der Waals surface area contributed by atoms with E-state index in [-0.39, 0.29) is 5.91 Å². The van der Waals surface area contributed by atoms with Crippen LogP contribution in [0, 0.1) is 6.92 Å². The Bertz CT molecular complexity index is 1440. The molecule has 2 aliphatic rings. The summed E-state index contributed by atoms with van der Waals surface area (Å²) in [7, 11) is 2.02. The number of carbonyl (C=O) groups is 1. The fourth-order valence-corrected chi connectivity index (χ4v) is 6.12. The number of halogens is 1. The number of piperazine rings is 2. The smallest absolute Gasteiger partial charge is 0.270 e. The van der Waals surface area contributed by atoms with Crippen molar-refractivity contribution >= 4 is 39.8 Å². The van der Waals surface area contributed by atoms with Crippen LogP contribution in [0.1, 0.15) is 21.7 Å². The number of nitrogens with zero attached hydrogens (tertiary/aromatic N) is 5. The van der Waals surface area contributed by atoms with Crippen LogP contribution in [0.25, 0.3) is 10.9 Å². The van der Waals surface area contributed by atoms with E-state index in [2.05, 4.69) is 67.6 Å². The number of hydrogen-bond donors (Lipinski definition) is 1. The van der Waals surface area contributed by atoms with Crippen molar-refractivity contribution in [1.82, 2.24) is 19.4 Å². The minimum Gasteiger partial charge on any atom is -0.368 e. The first kappa shape index (κ1) is 24.9. The molecule has 2 aromatic carbocycles. The average molecular weight is 531 g/mol. The predicted molar refractivity (Wildman–Crippen MR) is 156 cm³/mol. The number of anilines is 2. The van der Waals surface area contributed by atoms with Gasteiger partial charge in [-0.3, -0.25) is 9.69 Å². The molecule has 0 radical (unpaired) electrons. The van der Waals surface area contributed by atoms with Crippen molar-refractivity contribution in [2.75, 3.05) is 62.2 Å². The number of H-pyrrole nitrogens is 1. The monoisotopic (exact) mass is 530 g/mol. The van der Waals surface area contributed by atoms with Crippen molar-refractivity contribution in [3.63, 3.8) is 0 Å². The first-order chi connectivity index (χ1) is 18.5. The molecule has 0 atom stereocenters. The molecular weight excluding hydrogens is 496 g/mol. The zero-order valence-electron chi connectivity index (χ0n) is 22.2. The first-order valence-electron chi connectivity index (χ1n) is 13.5. The summed E-state index contributed by atoms with van der Waals surface area (Å²) in [6.45, 7) is 9.92. The molecule has 38 heavy (non-hydrogen) atoms. The summed E-state index contributed by atoms with van der Waals surface area (Å²) in [5.74, 6) is 0.128. The van der Waals surface area contributed by atoms with Gasteiger partial charge in [-0.2, -0.15) is 0 Å². The third kappa shape index (κ3) is 4.65. The van der Waals surface area contributed by atoms with Crippen molar-refractivity contribution in [3.8, 4) is 0 Å². The highest BCUT2D eigenvalue weighted by Crippen LogP contribution is 2.28. The number of amides is 1. The summed E-state index contributed by atoms with van der Waals surface area (Å²) >= 11 is 6.42. The first-order valence-corrected chi connectivity index (χ1v) is 13.8. The molecule has 8 heteroatoms. The number of para-hydroxylation sites is 2. The summed E-state index contributed by atoms with van der Waals surface area (Å²) < 4.78 is 2.07.